The molecular formula is C17H26N2O. The van der Waals surface area contributed by atoms with Gasteiger partial charge in [-0.2, -0.15) is 0 Å². The summed E-state index contributed by atoms with van der Waals surface area (Å²) in [7, 11) is 0. The highest BCUT2D eigenvalue weighted by atomic mass is 16.1. The normalized spacial score (nSPS) is 19.5. The lowest BCUT2D eigenvalue weighted by atomic mass is 9.82. The van der Waals surface area contributed by atoms with E-state index in [9.17, 15) is 4.79 Å². The summed E-state index contributed by atoms with van der Waals surface area (Å²) in [5.41, 5.74) is 8.31. The average molecular weight is 274 g/mol. The molecular weight excluding hydrogens is 248 g/mol. The molecule has 0 bridgehead atoms. The quantitative estimate of drug-likeness (QED) is 0.867. The number of hydrogen-bond donors (Lipinski definition) is 2. The summed E-state index contributed by atoms with van der Waals surface area (Å²) in [6, 6.07) is 8.41. The van der Waals surface area contributed by atoms with Crippen LogP contribution < -0.4 is 11.1 Å². The van der Waals surface area contributed by atoms with E-state index in [0.717, 1.165) is 25.7 Å². The van der Waals surface area contributed by atoms with Crippen LogP contribution in [0.25, 0.3) is 0 Å². The number of benzene rings is 1. The van der Waals surface area contributed by atoms with Crippen molar-refractivity contribution in [2.45, 2.75) is 51.5 Å². The zero-order valence-corrected chi connectivity index (χ0v) is 12.6. The topological polar surface area (TPSA) is 55.1 Å². The Morgan fingerprint density at radius 2 is 2.15 bits per heavy atom. The lowest BCUT2D eigenvalue weighted by Gasteiger charge is -2.27. The minimum Gasteiger partial charge on any atom is -0.352 e. The maximum absolute atomic E-state index is 12.5. The van der Waals surface area contributed by atoms with E-state index in [1.807, 2.05) is 6.07 Å². The second kappa shape index (κ2) is 6.89. The number of carbonyl (C=O) groups is 1. The fourth-order valence-electron chi connectivity index (χ4n) is 3.11. The zero-order valence-electron chi connectivity index (χ0n) is 12.6. The van der Waals surface area contributed by atoms with Crippen LogP contribution in [0, 0.1) is 5.92 Å². The van der Waals surface area contributed by atoms with Gasteiger partial charge in [-0.05, 0) is 42.7 Å². The summed E-state index contributed by atoms with van der Waals surface area (Å²) in [4.78, 5) is 12.5. The average Bonchev–Trinajstić information content (AvgIpc) is 2.45. The molecule has 3 nitrogen and oxygen atoms in total. The van der Waals surface area contributed by atoms with Gasteiger partial charge in [-0.1, -0.05) is 38.1 Å². The van der Waals surface area contributed by atoms with Crippen LogP contribution in [-0.4, -0.2) is 18.5 Å². The maximum Gasteiger partial charge on any atom is 0.227 e. The predicted molar refractivity (Wildman–Crippen MR) is 82.6 cm³/mol. The third-order valence-corrected chi connectivity index (χ3v) is 4.07. The Balaban J connectivity index is 2.06. The summed E-state index contributed by atoms with van der Waals surface area (Å²) in [5, 5.41) is 3.14. The summed E-state index contributed by atoms with van der Waals surface area (Å²) >= 11 is 0. The molecule has 2 atom stereocenters. The number of nitrogens with one attached hydrogen (secondary N) is 1. The van der Waals surface area contributed by atoms with E-state index in [1.54, 1.807) is 0 Å². The molecule has 1 amide bonds. The van der Waals surface area contributed by atoms with Crippen LogP contribution in [0.15, 0.2) is 24.3 Å². The minimum atomic E-state index is 0.00108. The van der Waals surface area contributed by atoms with Crippen LogP contribution in [-0.2, 0) is 11.2 Å². The van der Waals surface area contributed by atoms with Crippen LogP contribution in [0.2, 0.25) is 0 Å². The van der Waals surface area contributed by atoms with Gasteiger partial charge in [0.1, 0.15) is 0 Å². The molecule has 2 rings (SSSR count). The van der Waals surface area contributed by atoms with Gasteiger partial charge in [0.25, 0.3) is 0 Å². The van der Waals surface area contributed by atoms with E-state index >= 15 is 0 Å². The van der Waals surface area contributed by atoms with Gasteiger partial charge in [0.15, 0.2) is 0 Å². The highest BCUT2D eigenvalue weighted by Gasteiger charge is 2.27. The van der Waals surface area contributed by atoms with Crippen molar-refractivity contribution in [2.24, 2.45) is 11.7 Å². The predicted octanol–water partition coefficient (Wildman–Crippen LogP) is 2.60. The Bertz CT molecular complexity index is 456. The lowest BCUT2D eigenvalue weighted by molar-refractivity contribution is -0.123. The molecule has 2 unspecified atom stereocenters. The zero-order chi connectivity index (χ0) is 14.5. The van der Waals surface area contributed by atoms with Gasteiger partial charge < -0.3 is 11.1 Å². The molecule has 20 heavy (non-hydrogen) atoms. The molecule has 110 valence electrons. The van der Waals surface area contributed by atoms with Crippen LogP contribution >= 0.6 is 0 Å². The van der Waals surface area contributed by atoms with Crippen molar-refractivity contribution in [1.29, 1.82) is 0 Å². The van der Waals surface area contributed by atoms with Crippen molar-refractivity contribution >= 4 is 5.91 Å². The van der Waals surface area contributed by atoms with Gasteiger partial charge >= 0.3 is 0 Å². The van der Waals surface area contributed by atoms with Gasteiger partial charge in [0.2, 0.25) is 5.91 Å². The van der Waals surface area contributed by atoms with Crippen LogP contribution in [0.5, 0.6) is 0 Å². The first-order valence-electron chi connectivity index (χ1n) is 7.70. The van der Waals surface area contributed by atoms with Gasteiger partial charge in [-0.25, -0.2) is 0 Å². The van der Waals surface area contributed by atoms with E-state index in [2.05, 4.69) is 37.4 Å². The van der Waals surface area contributed by atoms with E-state index in [-0.39, 0.29) is 17.9 Å². The number of aryl methyl sites for hydroxylation is 1. The monoisotopic (exact) mass is 274 g/mol. The second-order valence-electron chi connectivity index (χ2n) is 6.21. The Morgan fingerprint density at radius 3 is 2.85 bits per heavy atom. The molecule has 1 aliphatic carbocycles. The molecule has 3 N–H and O–H groups in total. The Morgan fingerprint density at radius 1 is 1.40 bits per heavy atom. The number of amides is 1. The number of rotatable bonds is 5. The first-order valence-corrected chi connectivity index (χ1v) is 7.70. The van der Waals surface area contributed by atoms with Crippen LogP contribution in [0.1, 0.15) is 50.2 Å². The molecule has 0 aliphatic heterocycles. The molecule has 0 heterocycles. The minimum absolute atomic E-state index is 0.00108. The molecule has 1 aliphatic rings. The summed E-state index contributed by atoms with van der Waals surface area (Å²) in [6.45, 7) is 4.83. The Kier molecular flexibility index (Phi) is 5.18. The van der Waals surface area contributed by atoms with E-state index in [0.29, 0.717) is 12.5 Å². The van der Waals surface area contributed by atoms with Crippen molar-refractivity contribution in [3.8, 4) is 0 Å². The van der Waals surface area contributed by atoms with E-state index < -0.39 is 0 Å². The lowest BCUT2D eigenvalue weighted by Crippen LogP contribution is -2.43. The number of carbonyl (C=O) groups excluding carboxylic acids is 1. The van der Waals surface area contributed by atoms with Crippen molar-refractivity contribution in [2.75, 3.05) is 6.54 Å². The van der Waals surface area contributed by atoms with Crippen LogP contribution in [0.3, 0.4) is 0 Å². The highest BCUT2D eigenvalue weighted by molar-refractivity contribution is 5.84. The largest absolute Gasteiger partial charge is 0.352 e. The molecule has 1 aromatic rings. The van der Waals surface area contributed by atoms with Gasteiger partial charge in [0.05, 0.1) is 5.92 Å². The molecule has 0 saturated heterocycles. The third-order valence-electron chi connectivity index (χ3n) is 4.07. The second-order valence-corrected chi connectivity index (χ2v) is 6.21. The number of hydrogen-bond acceptors (Lipinski definition) is 2. The van der Waals surface area contributed by atoms with Crippen molar-refractivity contribution in [1.82, 2.24) is 5.32 Å². The smallest absolute Gasteiger partial charge is 0.227 e. The SMILES string of the molecule is CC(C)CC(CN)NC(=O)C1CCCc2ccccc21. The maximum atomic E-state index is 12.5. The van der Waals surface area contributed by atoms with Crippen molar-refractivity contribution in [3.63, 3.8) is 0 Å². The Hall–Kier alpha value is -1.35. The molecule has 0 radical (unpaired) electrons. The van der Waals surface area contributed by atoms with E-state index in [1.165, 1.54) is 11.1 Å². The molecule has 0 saturated carbocycles. The summed E-state index contributed by atoms with van der Waals surface area (Å²) in [5.74, 6) is 0.692. The highest BCUT2D eigenvalue weighted by Crippen LogP contribution is 2.31. The first kappa shape index (κ1) is 15.0. The van der Waals surface area contributed by atoms with Gasteiger partial charge in [-0.15, -0.1) is 0 Å². The first-order chi connectivity index (χ1) is 9.61. The molecule has 0 spiro atoms. The van der Waals surface area contributed by atoms with E-state index in [4.69, 9.17) is 5.73 Å². The summed E-state index contributed by atoms with van der Waals surface area (Å²) < 4.78 is 0. The van der Waals surface area contributed by atoms with Crippen molar-refractivity contribution in [3.05, 3.63) is 35.4 Å². The third kappa shape index (κ3) is 3.60. The molecule has 3 heteroatoms. The van der Waals surface area contributed by atoms with Crippen LogP contribution in [0.4, 0.5) is 0 Å². The van der Waals surface area contributed by atoms with Gasteiger partial charge in [0, 0.05) is 12.6 Å². The number of nitrogens with two attached hydrogens (primary N) is 1. The fraction of sp³-hybridized carbons (Fsp3) is 0.588. The standard InChI is InChI=1S/C17H26N2O/c1-12(2)10-14(11-18)19-17(20)16-9-5-7-13-6-3-4-8-15(13)16/h3-4,6,8,12,14,16H,5,7,9-11,18H2,1-2H3,(H,19,20). The molecule has 1 aromatic carbocycles. The Labute approximate surface area is 121 Å². The summed E-state index contributed by atoms with van der Waals surface area (Å²) in [6.07, 6.45) is 4.07. The molecule has 0 fully saturated rings. The number of fused-ring (bicyclic) bond motifs is 1. The van der Waals surface area contributed by atoms with Gasteiger partial charge in [-0.3, -0.25) is 4.79 Å². The fourth-order valence-corrected chi connectivity index (χ4v) is 3.11. The molecule has 0 aromatic heterocycles. The van der Waals surface area contributed by atoms with Crippen molar-refractivity contribution < 1.29 is 4.79 Å².